The number of carbonyl (C=O) groups excluding carboxylic acids is 4. The number of nitrogens with one attached hydrogen (secondary N) is 4. The van der Waals surface area contributed by atoms with E-state index < -0.39 is 23.4 Å². The Morgan fingerprint density at radius 2 is 0.914 bits per heavy atom. The highest BCUT2D eigenvalue weighted by atomic mass is 33.1. The van der Waals surface area contributed by atoms with Crippen LogP contribution in [0.15, 0.2) is 60.7 Å². The minimum absolute atomic E-state index is 0.168. The van der Waals surface area contributed by atoms with Crippen LogP contribution >= 0.6 is 21.6 Å². The van der Waals surface area contributed by atoms with E-state index in [1.54, 1.807) is 31.4 Å². The van der Waals surface area contributed by atoms with Crippen LogP contribution in [0.2, 0.25) is 0 Å². The van der Waals surface area contributed by atoms with Crippen molar-refractivity contribution >= 4 is 45.8 Å². The Labute approximate surface area is 356 Å². The summed E-state index contributed by atoms with van der Waals surface area (Å²) in [6, 6.07) is 19.6. The van der Waals surface area contributed by atoms with Gasteiger partial charge in [-0.15, -0.1) is 0 Å². The topological polar surface area (TPSA) is 141 Å². The molecule has 0 heterocycles. The van der Waals surface area contributed by atoms with Gasteiger partial charge in [-0.3, -0.25) is 0 Å². The van der Waals surface area contributed by atoms with Crippen LogP contribution in [-0.2, 0) is 22.3 Å². The Morgan fingerprint density at radius 1 is 0.569 bits per heavy atom. The van der Waals surface area contributed by atoms with Gasteiger partial charge in [-0.1, -0.05) is 110 Å². The van der Waals surface area contributed by atoms with Crippen molar-refractivity contribution in [1.29, 1.82) is 0 Å². The number of benzene rings is 2. The van der Waals surface area contributed by atoms with Gasteiger partial charge in [0.05, 0.1) is 0 Å². The lowest BCUT2D eigenvalue weighted by Gasteiger charge is -2.28. The molecular weight excluding hydrogens is 773 g/mol. The Bertz CT molecular complexity index is 1380. The van der Waals surface area contributed by atoms with Gasteiger partial charge in [0.25, 0.3) is 0 Å². The van der Waals surface area contributed by atoms with Crippen LogP contribution in [0.4, 0.5) is 19.2 Å². The van der Waals surface area contributed by atoms with Gasteiger partial charge in [0.15, 0.2) is 0 Å². The summed E-state index contributed by atoms with van der Waals surface area (Å²) in [6.45, 7) is 21.8. The average Bonchev–Trinajstić information content (AvgIpc) is 3.11. The summed E-state index contributed by atoms with van der Waals surface area (Å²) in [5, 5.41) is 12.2. The predicted octanol–water partition coefficient (Wildman–Crippen LogP) is 8.76. The fourth-order valence-corrected chi connectivity index (χ4v) is 8.05. The number of ether oxygens (including phenoxy) is 2. The first kappa shape index (κ1) is 50.4. The number of carbonyl (C=O) groups is 4. The molecule has 0 aliphatic carbocycles. The average molecular weight is 845 g/mol. The number of nitrogens with zero attached hydrogens (tertiary/aromatic N) is 2. The van der Waals surface area contributed by atoms with Crippen molar-refractivity contribution in [3.8, 4) is 0 Å². The fourth-order valence-electron chi connectivity index (χ4n) is 5.56. The van der Waals surface area contributed by atoms with Crippen molar-refractivity contribution in [2.24, 2.45) is 11.8 Å². The van der Waals surface area contributed by atoms with E-state index in [-0.39, 0.29) is 37.2 Å². The molecule has 6 amide bonds. The molecule has 326 valence electrons. The first-order valence-electron chi connectivity index (χ1n) is 20.7. The third-order valence-corrected chi connectivity index (χ3v) is 11.1. The molecule has 0 unspecified atom stereocenters. The van der Waals surface area contributed by atoms with Crippen LogP contribution in [0.3, 0.4) is 0 Å². The lowest BCUT2D eigenvalue weighted by Crippen LogP contribution is -2.49. The second kappa shape index (κ2) is 26.3. The lowest BCUT2D eigenvalue weighted by atomic mass is 10.1. The molecule has 2 aromatic rings. The maximum absolute atomic E-state index is 13.8. The molecule has 2 rings (SSSR count). The normalized spacial score (nSPS) is 12.7. The van der Waals surface area contributed by atoms with E-state index >= 15 is 0 Å². The number of hydrogen-bond donors (Lipinski definition) is 4. The fraction of sp³-hybridized carbons (Fsp3) is 0.636. The second-order valence-corrected chi connectivity index (χ2v) is 20.0. The monoisotopic (exact) mass is 844 g/mol. The van der Waals surface area contributed by atoms with Gasteiger partial charge >= 0.3 is 24.2 Å². The van der Waals surface area contributed by atoms with Crippen LogP contribution in [0.5, 0.6) is 0 Å². The number of amides is 6. The van der Waals surface area contributed by atoms with E-state index in [1.165, 1.54) is 0 Å². The highest BCUT2D eigenvalue weighted by Crippen LogP contribution is 2.25. The van der Waals surface area contributed by atoms with Gasteiger partial charge < -0.3 is 40.5 Å². The zero-order valence-electron chi connectivity index (χ0n) is 36.7. The Kier molecular flexibility index (Phi) is 22.9. The van der Waals surface area contributed by atoms with E-state index in [0.717, 1.165) is 24.0 Å². The Morgan fingerprint density at radius 3 is 1.22 bits per heavy atom. The standard InChI is InChI=1S/C44H72N6O6S2/c1-33(2)21-25-49(27-23-45-41(53)55-43(5,6)7)39(51)47-37(29-35-17-13-11-14-18-35)31-57-58-32-38(30-36-19-15-12-16-20-36)48-40(52)50(26-22-34(3)4)28-24-46-42(54)56-44(8,9)10/h11-20,33-34,37-38H,21-32H2,1-10H3,(H,45,53)(H,46,54)(H,47,51)(H,48,52)/t37-,38-/m0/s1. The number of alkyl carbamates (subject to hydrolysis) is 2. The quantitative estimate of drug-likeness (QED) is 0.0643. The van der Waals surface area contributed by atoms with Crippen molar-refractivity contribution in [2.75, 3.05) is 50.8 Å². The van der Waals surface area contributed by atoms with Crippen LogP contribution in [0.25, 0.3) is 0 Å². The summed E-state index contributed by atoms with van der Waals surface area (Å²) in [7, 11) is 3.35. The SMILES string of the molecule is CC(C)CCN(CCNC(=O)OC(C)(C)C)C(=O)N[C@H](CSSC[C@H](Cc1ccccc1)NC(=O)N(CCNC(=O)OC(C)(C)C)CCC(C)C)Cc1ccccc1. The summed E-state index contributed by atoms with van der Waals surface area (Å²) in [5.41, 5.74) is 1.02. The molecule has 4 N–H and O–H groups in total. The number of hydrogen-bond acceptors (Lipinski definition) is 8. The van der Waals surface area contributed by atoms with Crippen molar-refractivity contribution in [3.05, 3.63) is 71.8 Å². The Balaban J connectivity index is 2.14. The predicted molar refractivity (Wildman–Crippen MR) is 240 cm³/mol. The van der Waals surface area contributed by atoms with E-state index in [2.05, 4.69) is 73.2 Å². The molecule has 58 heavy (non-hydrogen) atoms. The first-order valence-corrected chi connectivity index (χ1v) is 23.1. The van der Waals surface area contributed by atoms with Crippen molar-refractivity contribution < 1.29 is 28.7 Å². The summed E-state index contributed by atoms with van der Waals surface area (Å²) in [4.78, 5) is 55.8. The smallest absolute Gasteiger partial charge is 0.407 e. The first-order chi connectivity index (χ1) is 27.3. The molecule has 0 bridgehead atoms. The van der Waals surface area contributed by atoms with Gasteiger partial charge in [-0.25, -0.2) is 19.2 Å². The largest absolute Gasteiger partial charge is 0.444 e. The minimum Gasteiger partial charge on any atom is -0.444 e. The van der Waals surface area contributed by atoms with Gasteiger partial charge in [-0.05, 0) is 90.2 Å². The molecule has 2 aromatic carbocycles. The maximum atomic E-state index is 13.8. The van der Waals surface area contributed by atoms with Gasteiger partial charge in [0, 0.05) is 62.9 Å². The van der Waals surface area contributed by atoms with Crippen LogP contribution in [-0.4, -0.2) is 108 Å². The lowest BCUT2D eigenvalue weighted by molar-refractivity contribution is 0.0512. The summed E-state index contributed by atoms with van der Waals surface area (Å²) in [5.74, 6) is 2.09. The molecule has 0 aliphatic rings. The Hall–Kier alpha value is -3.78. The molecule has 14 heteroatoms. The molecule has 0 aliphatic heterocycles. The van der Waals surface area contributed by atoms with Crippen molar-refractivity contribution in [2.45, 2.75) is 118 Å². The van der Waals surface area contributed by atoms with E-state index in [1.807, 2.05) is 77.9 Å². The molecule has 2 atom stereocenters. The highest BCUT2D eigenvalue weighted by Gasteiger charge is 2.23. The number of rotatable bonds is 23. The third-order valence-electron chi connectivity index (χ3n) is 8.55. The molecule has 0 fully saturated rings. The zero-order valence-corrected chi connectivity index (χ0v) is 38.4. The van der Waals surface area contributed by atoms with Gasteiger partial charge in [0.1, 0.15) is 11.2 Å². The molecule has 0 saturated carbocycles. The van der Waals surface area contributed by atoms with Crippen LogP contribution < -0.4 is 21.3 Å². The maximum Gasteiger partial charge on any atom is 0.407 e. The van der Waals surface area contributed by atoms with Crippen LogP contribution in [0.1, 0.15) is 93.2 Å². The summed E-state index contributed by atoms with van der Waals surface area (Å²) < 4.78 is 10.8. The zero-order chi connectivity index (χ0) is 43.1. The highest BCUT2D eigenvalue weighted by molar-refractivity contribution is 8.76. The molecule has 0 aromatic heterocycles. The van der Waals surface area contributed by atoms with Crippen molar-refractivity contribution in [1.82, 2.24) is 31.1 Å². The van der Waals surface area contributed by atoms with Gasteiger partial charge in [-0.2, -0.15) is 0 Å². The third kappa shape index (κ3) is 24.2. The second-order valence-electron chi connectivity index (χ2n) is 17.4. The van der Waals surface area contributed by atoms with Crippen LogP contribution in [0, 0.1) is 11.8 Å². The van der Waals surface area contributed by atoms with E-state index in [0.29, 0.717) is 62.4 Å². The molecule has 12 nitrogen and oxygen atoms in total. The van der Waals surface area contributed by atoms with E-state index in [9.17, 15) is 19.2 Å². The molecule has 0 radical (unpaired) electrons. The van der Waals surface area contributed by atoms with Crippen molar-refractivity contribution in [3.63, 3.8) is 0 Å². The molecular formula is C44H72N6O6S2. The number of urea groups is 2. The molecule has 0 saturated heterocycles. The summed E-state index contributed by atoms with van der Waals surface area (Å²) in [6.07, 6.45) is 1.95. The minimum atomic E-state index is -0.609. The molecule has 0 spiro atoms. The van der Waals surface area contributed by atoms with Gasteiger partial charge in [0.2, 0.25) is 0 Å². The summed E-state index contributed by atoms with van der Waals surface area (Å²) >= 11 is 0. The van der Waals surface area contributed by atoms with E-state index in [4.69, 9.17) is 9.47 Å².